The zero-order valence-corrected chi connectivity index (χ0v) is 11.4. The molecule has 94 valence electrons. The van der Waals surface area contributed by atoms with Gasteiger partial charge in [-0.1, -0.05) is 18.2 Å². The van der Waals surface area contributed by atoms with E-state index in [2.05, 4.69) is 26.3 Å². The first-order valence-corrected chi connectivity index (χ1v) is 6.24. The lowest BCUT2D eigenvalue weighted by atomic mass is 10.00. The number of hydrogen-bond acceptors (Lipinski definition) is 3. The molecule has 2 rings (SSSR count). The van der Waals surface area contributed by atoms with Crippen molar-refractivity contribution in [2.75, 3.05) is 0 Å². The van der Waals surface area contributed by atoms with E-state index in [1.54, 1.807) is 18.5 Å². The Balaban J connectivity index is 2.49. The van der Waals surface area contributed by atoms with Gasteiger partial charge in [0.2, 0.25) is 0 Å². The summed E-state index contributed by atoms with van der Waals surface area (Å²) in [7, 11) is 0. The van der Waals surface area contributed by atoms with E-state index in [0.29, 0.717) is 4.47 Å². The van der Waals surface area contributed by atoms with E-state index in [0.717, 1.165) is 16.7 Å². The van der Waals surface area contributed by atoms with Crippen molar-refractivity contribution < 1.29 is 4.39 Å². The minimum atomic E-state index is -0.312. The van der Waals surface area contributed by atoms with Crippen LogP contribution in [0.4, 0.5) is 4.39 Å². The zero-order chi connectivity index (χ0) is 13.1. The van der Waals surface area contributed by atoms with Crippen LogP contribution in [0.1, 0.15) is 22.7 Å². The van der Waals surface area contributed by atoms with Crippen LogP contribution in [0.5, 0.6) is 0 Å². The van der Waals surface area contributed by atoms with Gasteiger partial charge in [0.05, 0.1) is 10.5 Å². The first-order chi connectivity index (χ1) is 8.63. The maximum absolute atomic E-state index is 13.5. The van der Waals surface area contributed by atoms with Gasteiger partial charge in [0, 0.05) is 12.4 Å². The van der Waals surface area contributed by atoms with Crippen molar-refractivity contribution in [3.8, 4) is 0 Å². The van der Waals surface area contributed by atoms with Crippen LogP contribution in [0.3, 0.4) is 0 Å². The van der Waals surface area contributed by atoms with Crippen LogP contribution >= 0.6 is 15.9 Å². The Bertz CT molecular complexity index is 560. The lowest BCUT2D eigenvalue weighted by molar-refractivity contribution is 0.596. The Kier molecular flexibility index (Phi) is 4.06. The number of aryl methyl sites for hydroxylation is 1. The van der Waals surface area contributed by atoms with Crippen molar-refractivity contribution in [3.05, 3.63) is 63.6 Å². The van der Waals surface area contributed by atoms with Gasteiger partial charge >= 0.3 is 0 Å². The van der Waals surface area contributed by atoms with E-state index < -0.39 is 0 Å². The number of nitrogens with zero attached hydrogens (tertiary/aromatic N) is 1. The molecule has 1 heterocycles. The molecule has 1 atom stereocenters. The quantitative estimate of drug-likeness (QED) is 0.677. The summed E-state index contributed by atoms with van der Waals surface area (Å²) in [6.45, 7) is 1.95. The van der Waals surface area contributed by atoms with Gasteiger partial charge in [-0.3, -0.25) is 10.8 Å². The normalized spacial score (nSPS) is 12.4. The summed E-state index contributed by atoms with van der Waals surface area (Å²) in [4.78, 5) is 4.13. The third-order valence-electron chi connectivity index (χ3n) is 2.69. The highest BCUT2D eigenvalue weighted by Gasteiger charge is 2.17. The highest BCUT2D eigenvalue weighted by atomic mass is 79.9. The molecule has 1 unspecified atom stereocenters. The summed E-state index contributed by atoms with van der Waals surface area (Å²) in [5.74, 6) is 5.27. The number of rotatable bonds is 3. The van der Waals surface area contributed by atoms with Crippen LogP contribution in [-0.4, -0.2) is 4.98 Å². The van der Waals surface area contributed by atoms with Gasteiger partial charge in [0.25, 0.3) is 0 Å². The monoisotopic (exact) mass is 309 g/mol. The van der Waals surface area contributed by atoms with Gasteiger partial charge in [0.15, 0.2) is 0 Å². The molecule has 0 saturated heterocycles. The Morgan fingerprint density at radius 2 is 2.17 bits per heavy atom. The molecule has 0 saturated carbocycles. The molecule has 1 aromatic heterocycles. The van der Waals surface area contributed by atoms with E-state index in [-0.39, 0.29) is 11.9 Å². The van der Waals surface area contributed by atoms with Gasteiger partial charge in [-0.25, -0.2) is 9.82 Å². The average Bonchev–Trinajstić information content (AvgIpc) is 2.35. The molecule has 0 aliphatic heterocycles. The van der Waals surface area contributed by atoms with Crippen molar-refractivity contribution in [2.24, 2.45) is 5.84 Å². The molecule has 0 amide bonds. The number of halogens is 2. The molecule has 5 heteroatoms. The zero-order valence-electron chi connectivity index (χ0n) is 9.82. The smallest absolute Gasteiger partial charge is 0.137 e. The molecule has 0 aliphatic rings. The Labute approximate surface area is 113 Å². The Morgan fingerprint density at radius 3 is 2.83 bits per heavy atom. The van der Waals surface area contributed by atoms with Crippen LogP contribution in [0.2, 0.25) is 0 Å². The van der Waals surface area contributed by atoms with E-state index in [1.165, 1.54) is 6.07 Å². The summed E-state index contributed by atoms with van der Waals surface area (Å²) >= 11 is 3.25. The predicted octanol–water partition coefficient (Wildman–Crippen LogP) is 2.84. The molecule has 0 bridgehead atoms. The molecular weight excluding hydrogens is 297 g/mol. The number of hydrazine groups is 1. The first-order valence-electron chi connectivity index (χ1n) is 5.45. The Morgan fingerprint density at radius 1 is 1.39 bits per heavy atom. The van der Waals surface area contributed by atoms with Crippen LogP contribution in [0.15, 0.2) is 41.1 Å². The largest absolute Gasteiger partial charge is 0.271 e. The second-order valence-corrected chi connectivity index (χ2v) is 4.83. The lowest BCUT2D eigenvalue weighted by Gasteiger charge is -2.18. The summed E-state index contributed by atoms with van der Waals surface area (Å²) in [6, 6.07) is 6.54. The number of pyridine rings is 1. The summed E-state index contributed by atoms with van der Waals surface area (Å²) in [5, 5.41) is 0. The van der Waals surface area contributed by atoms with Crippen LogP contribution in [0.25, 0.3) is 0 Å². The average molecular weight is 310 g/mol. The van der Waals surface area contributed by atoms with Crippen molar-refractivity contribution in [1.82, 2.24) is 10.4 Å². The van der Waals surface area contributed by atoms with Gasteiger partial charge < -0.3 is 0 Å². The van der Waals surface area contributed by atoms with Crippen LogP contribution in [-0.2, 0) is 0 Å². The highest BCUT2D eigenvalue weighted by molar-refractivity contribution is 9.10. The third-order valence-corrected chi connectivity index (χ3v) is 3.53. The summed E-state index contributed by atoms with van der Waals surface area (Å²) in [6.07, 6.45) is 3.48. The van der Waals surface area contributed by atoms with Crippen LogP contribution < -0.4 is 11.3 Å². The SMILES string of the molecule is Cc1cncc(C(NN)c2cccc(F)c2Br)c1. The fourth-order valence-electron chi connectivity index (χ4n) is 1.85. The molecule has 18 heavy (non-hydrogen) atoms. The van der Waals surface area contributed by atoms with E-state index in [1.807, 2.05) is 19.1 Å². The van der Waals surface area contributed by atoms with Crippen molar-refractivity contribution in [3.63, 3.8) is 0 Å². The maximum Gasteiger partial charge on any atom is 0.137 e. The van der Waals surface area contributed by atoms with Gasteiger partial charge in [-0.2, -0.15) is 0 Å². The molecule has 1 aromatic carbocycles. The number of nitrogens with two attached hydrogens (primary N) is 1. The molecule has 3 nitrogen and oxygen atoms in total. The standard InChI is InChI=1S/C13H13BrFN3/c1-8-5-9(7-17-6-8)13(18-16)10-3-2-4-11(15)12(10)14/h2-7,13,18H,16H2,1H3. The van der Waals surface area contributed by atoms with Gasteiger partial charge in [0.1, 0.15) is 5.82 Å². The molecule has 3 N–H and O–H groups in total. The lowest BCUT2D eigenvalue weighted by Crippen LogP contribution is -2.29. The number of hydrogen-bond donors (Lipinski definition) is 2. The van der Waals surface area contributed by atoms with E-state index in [9.17, 15) is 4.39 Å². The maximum atomic E-state index is 13.5. The predicted molar refractivity (Wildman–Crippen MR) is 72.2 cm³/mol. The topological polar surface area (TPSA) is 50.9 Å². The minimum absolute atomic E-state index is 0.303. The van der Waals surface area contributed by atoms with Gasteiger partial charge in [-0.05, 0) is 45.6 Å². The van der Waals surface area contributed by atoms with Crippen molar-refractivity contribution in [1.29, 1.82) is 0 Å². The fourth-order valence-corrected chi connectivity index (χ4v) is 2.34. The van der Waals surface area contributed by atoms with Gasteiger partial charge in [-0.15, -0.1) is 0 Å². The second-order valence-electron chi connectivity index (χ2n) is 4.04. The van der Waals surface area contributed by atoms with E-state index >= 15 is 0 Å². The summed E-state index contributed by atoms with van der Waals surface area (Å²) in [5.41, 5.74) is 5.35. The third kappa shape index (κ3) is 2.58. The number of nitrogens with one attached hydrogen (secondary N) is 1. The highest BCUT2D eigenvalue weighted by Crippen LogP contribution is 2.29. The van der Waals surface area contributed by atoms with Crippen LogP contribution in [0, 0.1) is 12.7 Å². The molecule has 0 spiro atoms. The van der Waals surface area contributed by atoms with Crippen molar-refractivity contribution in [2.45, 2.75) is 13.0 Å². The molecule has 0 fully saturated rings. The number of benzene rings is 1. The summed E-state index contributed by atoms with van der Waals surface area (Å²) < 4.78 is 14.0. The van der Waals surface area contributed by atoms with E-state index in [4.69, 9.17) is 5.84 Å². The molecular formula is C13H13BrFN3. The second kappa shape index (κ2) is 5.56. The van der Waals surface area contributed by atoms with Crippen molar-refractivity contribution >= 4 is 15.9 Å². The molecule has 0 aliphatic carbocycles. The Hall–Kier alpha value is -1.30. The molecule has 0 radical (unpaired) electrons. The minimum Gasteiger partial charge on any atom is -0.271 e. The first kappa shape index (κ1) is 13.1. The molecule has 2 aromatic rings. The number of aromatic nitrogens is 1. The fraction of sp³-hybridized carbons (Fsp3) is 0.154.